The van der Waals surface area contributed by atoms with Gasteiger partial charge < -0.3 is 10.4 Å². The molecule has 1 aliphatic carbocycles. The molecule has 0 saturated heterocycles. The Kier molecular flexibility index (Phi) is 4.55. The zero-order chi connectivity index (χ0) is 15.5. The number of carbonyl (C=O) groups is 1. The minimum atomic E-state index is -4.51. The zero-order valence-corrected chi connectivity index (χ0v) is 11.5. The van der Waals surface area contributed by atoms with E-state index in [-0.39, 0.29) is 18.6 Å². The van der Waals surface area contributed by atoms with Gasteiger partial charge in [0.15, 0.2) is 5.69 Å². The molecule has 0 radical (unpaired) electrons. The Balaban J connectivity index is 1.86. The van der Waals surface area contributed by atoms with E-state index in [9.17, 15) is 23.1 Å². The molecule has 1 heterocycles. The van der Waals surface area contributed by atoms with Crippen LogP contribution in [0.1, 0.15) is 31.4 Å². The molecule has 0 aromatic carbocycles. The maximum absolute atomic E-state index is 12.4. The molecule has 0 aliphatic heterocycles. The van der Waals surface area contributed by atoms with Crippen LogP contribution in [0.15, 0.2) is 12.3 Å². The number of alkyl halides is 3. The predicted octanol–water partition coefficient (Wildman–Crippen LogP) is 1.57. The Morgan fingerprint density at radius 3 is 2.62 bits per heavy atom. The average molecular weight is 305 g/mol. The van der Waals surface area contributed by atoms with Gasteiger partial charge in [-0.15, -0.1) is 0 Å². The van der Waals surface area contributed by atoms with Crippen molar-refractivity contribution in [1.82, 2.24) is 15.1 Å². The number of rotatable bonds is 5. The predicted molar refractivity (Wildman–Crippen MR) is 68.2 cm³/mol. The standard InChI is InChI=1S/C13H18F3N3O2/c14-13(15,16)10-3-6-19(18-10)7-11(21)17-8-12(9-20)4-1-2-5-12/h3,6,20H,1-2,4-5,7-9H2,(H,17,21). The minimum Gasteiger partial charge on any atom is -0.396 e. The second-order valence-electron chi connectivity index (χ2n) is 5.54. The fourth-order valence-electron chi connectivity index (χ4n) is 2.61. The zero-order valence-electron chi connectivity index (χ0n) is 11.5. The molecule has 1 aromatic heterocycles. The van der Waals surface area contributed by atoms with Gasteiger partial charge in [0.2, 0.25) is 5.91 Å². The number of aliphatic hydroxyl groups is 1. The van der Waals surface area contributed by atoms with E-state index in [1.165, 1.54) is 0 Å². The van der Waals surface area contributed by atoms with E-state index >= 15 is 0 Å². The molecule has 0 bridgehead atoms. The third-order valence-electron chi connectivity index (χ3n) is 3.90. The third kappa shape index (κ3) is 3.96. The molecule has 118 valence electrons. The fourth-order valence-corrected chi connectivity index (χ4v) is 2.61. The second-order valence-corrected chi connectivity index (χ2v) is 5.54. The van der Waals surface area contributed by atoms with Crippen LogP contribution in [0.25, 0.3) is 0 Å². The van der Waals surface area contributed by atoms with Gasteiger partial charge in [-0.05, 0) is 18.9 Å². The van der Waals surface area contributed by atoms with Crippen molar-refractivity contribution in [3.05, 3.63) is 18.0 Å². The topological polar surface area (TPSA) is 67.2 Å². The Morgan fingerprint density at radius 1 is 1.43 bits per heavy atom. The van der Waals surface area contributed by atoms with Crippen LogP contribution in [0, 0.1) is 5.41 Å². The number of amides is 1. The first kappa shape index (κ1) is 15.8. The fraction of sp³-hybridized carbons (Fsp3) is 0.692. The number of hydrogen-bond donors (Lipinski definition) is 2. The molecule has 0 atom stereocenters. The first-order valence-electron chi connectivity index (χ1n) is 6.83. The van der Waals surface area contributed by atoms with Gasteiger partial charge in [-0.3, -0.25) is 9.48 Å². The lowest BCUT2D eigenvalue weighted by atomic mass is 9.87. The van der Waals surface area contributed by atoms with Crippen molar-refractivity contribution in [3.8, 4) is 0 Å². The maximum Gasteiger partial charge on any atom is 0.435 e. The molecular weight excluding hydrogens is 287 g/mol. The molecule has 1 fully saturated rings. The normalized spacial score (nSPS) is 17.9. The van der Waals surface area contributed by atoms with Gasteiger partial charge in [-0.25, -0.2) is 0 Å². The summed E-state index contributed by atoms with van der Waals surface area (Å²) >= 11 is 0. The highest BCUT2D eigenvalue weighted by Crippen LogP contribution is 2.36. The van der Waals surface area contributed by atoms with E-state index in [1.54, 1.807) is 0 Å². The van der Waals surface area contributed by atoms with E-state index in [0.717, 1.165) is 42.6 Å². The second kappa shape index (κ2) is 6.05. The van der Waals surface area contributed by atoms with Crippen molar-refractivity contribution in [2.45, 2.75) is 38.4 Å². The smallest absolute Gasteiger partial charge is 0.396 e. The first-order chi connectivity index (χ1) is 9.85. The van der Waals surface area contributed by atoms with Crippen LogP contribution in [0.3, 0.4) is 0 Å². The quantitative estimate of drug-likeness (QED) is 0.868. The number of carbonyl (C=O) groups excluding carboxylic acids is 1. The number of aliphatic hydroxyl groups excluding tert-OH is 1. The number of hydrogen-bond acceptors (Lipinski definition) is 3. The Labute approximate surface area is 120 Å². The number of halogens is 3. The first-order valence-corrected chi connectivity index (χ1v) is 6.83. The molecule has 1 aliphatic rings. The van der Waals surface area contributed by atoms with E-state index in [4.69, 9.17) is 0 Å². The van der Waals surface area contributed by atoms with Crippen LogP contribution < -0.4 is 5.32 Å². The van der Waals surface area contributed by atoms with Gasteiger partial charge in [0, 0.05) is 18.2 Å². The molecule has 8 heteroatoms. The van der Waals surface area contributed by atoms with Gasteiger partial charge in [0.05, 0.1) is 6.61 Å². The highest BCUT2D eigenvalue weighted by molar-refractivity contribution is 5.75. The van der Waals surface area contributed by atoms with Crippen molar-refractivity contribution in [1.29, 1.82) is 0 Å². The molecule has 21 heavy (non-hydrogen) atoms. The molecule has 1 amide bonds. The average Bonchev–Trinajstić information content (AvgIpc) is 3.05. The summed E-state index contributed by atoms with van der Waals surface area (Å²) in [5.41, 5.74) is -1.30. The van der Waals surface area contributed by atoms with Crippen molar-refractivity contribution in [2.24, 2.45) is 5.41 Å². The van der Waals surface area contributed by atoms with E-state index in [2.05, 4.69) is 10.4 Å². The van der Waals surface area contributed by atoms with Crippen molar-refractivity contribution in [2.75, 3.05) is 13.2 Å². The highest BCUT2D eigenvalue weighted by atomic mass is 19.4. The maximum atomic E-state index is 12.4. The van der Waals surface area contributed by atoms with Crippen molar-refractivity contribution >= 4 is 5.91 Å². The summed E-state index contributed by atoms with van der Waals surface area (Å²) in [6.45, 7) is 0.0839. The molecule has 2 rings (SSSR count). The number of nitrogens with zero attached hydrogens (tertiary/aromatic N) is 2. The largest absolute Gasteiger partial charge is 0.435 e. The molecule has 1 aromatic rings. The van der Waals surface area contributed by atoms with Crippen LogP contribution in [0.5, 0.6) is 0 Å². The molecule has 5 nitrogen and oxygen atoms in total. The van der Waals surface area contributed by atoms with E-state index < -0.39 is 17.8 Å². The lowest BCUT2D eigenvalue weighted by Gasteiger charge is -2.26. The van der Waals surface area contributed by atoms with Gasteiger partial charge >= 0.3 is 6.18 Å². The number of nitrogens with one attached hydrogen (secondary N) is 1. The van der Waals surface area contributed by atoms with Crippen LogP contribution in [0.4, 0.5) is 13.2 Å². The molecular formula is C13H18F3N3O2. The van der Waals surface area contributed by atoms with Gasteiger partial charge in [0.1, 0.15) is 6.54 Å². The lowest BCUT2D eigenvalue weighted by molar-refractivity contribution is -0.141. The summed E-state index contributed by atoms with van der Waals surface area (Å²) < 4.78 is 38.1. The SMILES string of the molecule is O=C(Cn1ccc(C(F)(F)F)n1)NCC1(CO)CCCC1. The summed E-state index contributed by atoms with van der Waals surface area (Å²) in [6, 6.07) is 0.833. The van der Waals surface area contributed by atoms with Crippen molar-refractivity contribution < 1.29 is 23.1 Å². The summed E-state index contributed by atoms with van der Waals surface area (Å²) in [5.74, 6) is -0.411. The summed E-state index contributed by atoms with van der Waals surface area (Å²) in [5, 5.41) is 15.4. The number of aromatic nitrogens is 2. The molecule has 0 spiro atoms. The van der Waals surface area contributed by atoms with E-state index in [1.807, 2.05) is 0 Å². The Hall–Kier alpha value is -1.57. The van der Waals surface area contributed by atoms with Crippen LogP contribution >= 0.6 is 0 Å². The Morgan fingerprint density at radius 2 is 2.10 bits per heavy atom. The Bertz CT molecular complexity index is 493. The molecule has 2 N–H and O–H groups in total. The van der Waals surface area contributed by atoms with E-state index in [0.29, 0.717) is 6.54 Å². The van der Waals surface area contributed by atoms with Crippen LogP contribution in [0.2, 0.25) is 0 Å². The monoisotopic (exact) mass is 305 g/mol. The third-order valence-corrected chi connectivity index (χ3v) is 3.90. The summed E-state index contributed by atoms with van der Waals surface area (Å²) in [6.07, 6.45) is 0.356. The van der Waals surface area contributed by atoms with Crippen LogP contribution in [-0.2, 0) is 17.5 Å². The van der Waals surface area contributed by atoms with Gasteiger partial charge in [-0.1, -0.05) is 12.8 Å². The highest BCUT2D eigenvalue weighted by Gasteiger charge is 2.34. The van der Waals surface area contributed by atoms with Crippen molar-refractivity contribution in [3.63, 3.8) is 0 Å². The summed E-state index contributed by atoms with van der Waals surface area (Å²) in [7, 11) is 0. The molecule has 0 unspecified atom stereocenters. The molecule has 1 saturated carbocycles. The van der Waals surface area contributed by atoms with Crippen LogP contribution in [-0.4, -0.2) is 33.9 Å². The van der Waals surface area contributed by atoms with Gasteiger partial charge in [0.25, 0.3) is 0 Å². The lowest BCUT2D eigenvalue weighted by Crippen LogP contribution is -2.39. The van der Waals surface area contributed by atoms with Gasteiger partial charge in [-0.2, -0.15) is 18.3 Å². The minimum absolute atomic E-state index is 0.00721. The summed E-state index contributed by atoms with van der Waals surface area (Å²) in [4.78, 5) is 11.8.